The minimum absolute atomic E-state index is 0.0987. The molecular formula is C21H20N2O2S. The number of nitrogens with zero attached hydrogens (tertiary/aromatic N) is 2. The van der Waals surface area contributed by atoms with Crippen LogP contribution in [0.25, 0.3) is 21.8 Å². The third-order valence-electron chi connectivity index (χ3n) is 4.25. The van der Waals surface area contributed by atoms with E-state index in [-0.39, 0.29) is 6.61 Å². The largest absolute Gasteiger partial charge is 0.493 e. The first-order chi connectivity index (χ1) is 12.8. The molecule has 0 atom stereocenters. The standard InChI is InChI=1S/C21H20N2O2S/c24-12-11-23-20-8-4-3-7-19(20)22-21(23)26-14-13-25-18-10-9-16-5-1-2-6-17(16)15-18/h1-10,15,24H,11-14H2. The fourth-order valence-electron chi connectivity index (χ4n) is 3.03. The van der Waals surface area contributed by atoms with Gasteiger partial charge in [-0.15, -0.1) is 0 Å². The zero-order chi connectivity index (χ0) is 17.8. The monoisotopic (exact) mass is 364 g/mol. The molecule has 0 fully saturated rings. The summed E-state index contributed by atoms with van der Waals surface area (Å²) in [6.07, 6.45) is 0. The Morgan fingerprint density at radius 1 is 0.962 bits per heavy atom. The van der Waals surface area contributed by atoms with E-state index in [1.807, 2.05) is 42.5 Å². The van der Waals surface area contributed by atoms with Gasteiger partial charge in [-0.25, -0.2) is 4.98 Å². The van der Waals surface area contributed by atoms with E-state index in [1.54, 1.807) is 11.8 Å². The van der Waals surface area contributed by atoms with Gasteiger partial charge in [-0.2, -0.15) is 0 Å². The summed E-state index contributed by atoms with van der Waals surface area (Å²) in [6, 6.07) is 22.4. The predicted octanol–water partition coefficient (Wildman–Crippen LogP) is 4.35. The van der Waals surface area contributed by atoms with Crippen molar-refractivity contribution in [2.75, 3.05) is 19.0 Å². The van der Waals surface area contributed by atoms with Gasteiger partial charge in [0.15, 0.2) is 5.16 Å². The van der Waals surface area contributed by atoms with Crippen LogP contribution in [0.2, 0.25) is 0 Å². The van der Waals surface area contributed by atoms with E-state index in [0.717, 1.165) is 27.7 Å². The number of aliphatic hydroxyl groups excluding tert-OH is 1. The molecule has 0 saturated heterocycles. The van der Waals surface area contributed by atoms with Crippen LogP contribution in [0.5, 0.6) is 5.75 Å². The fourth-order valence-corrected chi connectivity index (χ4v) is 3.89. The number of fused-ring (bicyclic) bond motifs is 2. The quantitative estimate of drug-likeness (QED) is 0.391. The topological polar surface area (TPSA) is 47.3 Å². The highest BCUT2D eigenvalue weighted by Gasteiger charge is 2.10. The second-order valence-corrected chi connectivity index (χ2v) is 7.03. The minimum atomic E-state index is 0.0987. The molecule has 1 aromatic heterocycles. The summed E-state index contributed by atoms with van der Waals surface area (Å²) in [5, 5.41) is 12.7. The number of hydrogen-bond acceptors (Lipinski definition) is 4. The van der Waals surface area contributed by atoms with E-state index in [2.05, 4.69) is 33.8 Å². The minimum Gasteiger partial charge on any atom is -0.493 e. The van der Waals surface area contributed by atoms with Crippen molar-refractivity contribution >= 4 is 33.6 Å². The molecule has 4 nitrogen and oxygen atoms in total. The van der Waals surface area contributed by atoms with Gasteiger partial charge >= 0.3 is 0 Å². The molecule has 26 heavy (non-hydrogen) atoms. The molecular weight excluding hydrogens is 344 g/mol. The lowest BCUT2D eigenvalue weighted by Gasteiger charge is -2.09. The van der Waals surface area contributed by atoms with Gasteiger partial charge in [0.2, 0.25) is 0 Å². The van der Waals surface area contributed by atoms with Crippen molar-refractivity contribution < 1.29 is 9.84 Å². The summed E-state index contributed by atoms with van der Waals surface area (Å²) >= 11 is 1.65. The molecule has 1 N–H and O–H groups in total. The summed E-state index contributed by atoms with van der Waals surface area (Å²) in [5.74, 6) is 1.68. The van der Waals surface area contributed by atoms with E-state index in [9.17, 15) is 5.11 Å². The zero-order valence-electron chi connectivity index (χ0n) is 14.3. The molecule has 4 aromatic rings. The maximum absolute atomic E-state index is 9.35. The van der Waals surface area contributed by atoms with Gasteiger partial charge in [-0.1, -0.05) is 54.2 Å². The molecule has 132 valence electrons. The Bertz CT molecular complexity index is 1030. The molecule has 3 aromatic carbocycles. The summed E-state index contributed by atoms with van der Waals surface area (Å²) < 4.78 is 7.97. The van der Waals surface area contributed by atoms with Gasteiger partial charge in [0.25, 0.3) is 0 Å². The SMILES string of the molecule is OCCn1c(SCCOc2ccc3ccccc3c2)nc2ccccc21. The molecule has 4 rings (SSSR count). The molecule has 0 spiro atoms. The van der Waals surface area contributed by atoms with Crippen LogP contribution in [0.4, 0.5) is 0 Å². The normalized spacial score (nSPS) is 11.3. The first-order valence-electron chi connectivity index (χ1n) is 8.66. The third-order valence-corrected chi connectivity index (χ3v) is 5.19. The van der Waals surface area contributed by atoms with Crippen LogP contribution >= 0.6 is 11.8 Å². The smallest absolute Gasteiger partial charge is 0.169 e. The Labute approximate surface area is 156 Å². The fraction of sp³-hybridized carbons (Fsp3) is 0.190. The Kier molecular flexibility index (Phi) is 5.09. The highest BCUT2D eigenvalue weighted by atomic mass is 32.2. The Morgan fingerprint density at radius 2 is 1.77 bits per heavy atom. The van der Waals surface area contributed by atoms with Crippen LogP contribution in [0, 0.1) is 0 Å². The third kappa shape index (κ3) is 3.54. The van der Waals surface area contributed by atoms with Gasteiger partial charge in [-0.05, 0) is 35.0 Å². The van der Waals surface area contributed by atoms with Crippen molar-refractivity contribution in [1.29, 1.82) is 0 Å². The van der Waals surface area contributed by atoms with Gasteiger partial charge in [-0.3, -0.25) is 0 Å². The van der Waals surface area contributed by atoms with E-state index in [4.69, 9.17) is 4.74 Å². The Balaban J connectivity index is 1.41. The van der Waals surface area contributed by atoms with E-state index in [0.29, 0.717) is 13.2 Å². The number of aromatic nitrogens is 2. The molecule has 0 aliphatic heterocycles. The van der Waals surface area contributed by atoms with E-state index < -0.39 is 0 Å². The number of ether oxygens (including phenoxy) is 1. The van der Waals surface area contributed by atoms with Crippen LogP contribution in [0.1, 0.15) is 0 Å². The summed E-state index contributed by atoms with van der Waals surface area (Å²) in [4.78, 5) is 4.68. The number of benzene rings is 3. The highest BCUT2D eigenvalue weighted by molar-refractivity contribution is 7.99. The van der Waals surface area contributed by atoms with Crippen molar-refractivity contribution in [1.82, 2.24) is 9.55 Å². The van der Waals surface area contributed by atoms with E-state index >= 15 is 0 Å². The average Bonchev–Trinajstić information content (AvgIpc) is 3.03. The highest BCUT2D eigenvalue weighted by Crippen LogP contribution is 2.25. The lowest BCUT2D eigenvalue weighted by atomic mass is 10.1. The summed E-state index contributed by atoms with van der Waals surface area (Å²) in [6.45, 7) is 1.25. The number of aliphatic hydroxyl groups is 1. The number of para-hydroxylation sites is 2. The van der Waals surface area contributed by atoms with Crippen molar-refractivity contribution in [3.8, 4) is 5.75 Å². The zero-order valence-corrected chi connectivity index (χ0v) is 15.2. The van der Waals surface area contributed by atoms with Crippen LogP contribution < -0.4 is 4.74 Å². The van der Waals surface area contributed by atoms with Crippen LogP contribution in [0.3, 0.4) is 0 Å². The first-order valence-corrected chi connectivity index (χ1v) is 9.64. The van der Waals surface area contributed by atoms with Gasteiger partial charge in [0, 0.05) is 12.3 Å². The summed E-state index contributed by atoms with van der Waals surface area (Å²) in [5.41, 5.74) is 2.01. The molecule has 0 aliphatic rings. The van der Waals surface area contributed by atoms with Crippen LogP contribution in [-0.4, -0.2) is 33.6 Å². The molecule has 0 aliphatic carbocycles. The number of thioether (sulfide) groups is 1. The molecule has 0 amide bonds. The Morgan fingerprint density at radius 3 is 2.65 bits per heavy atom. The van der Waals surface area contributed by atoms with E-state index in [1.165, 1.54) is 10.8 Å². The second kappa shape index (κ2) is 7.81. The van der Waals surface area contributed by atoms with Crippen molar-refractivity contribution in [3.63, 3.8) is 0 Å². The lowest BCUT2D eigenvalue weighted by molar-refractivity contribution is 0.273. The van der Waals surface area contributed by atoms with Crippen molar-refractivity contribution in [2.24, 2.45) is 0 Å². The molecule has 0 saturated carbocycles. The number of rotatable bonds is 7. The van der Waals surface area contributed by atoms with Gasteiger partial charge in [0.05, 0.1) is 24.2 Å². The van der Waals surface area contributed by atoms with Crippen molar-refractivity contribution in [2.45, 2.75) is 11.7 Å². The second-order valence-electron chi connectivity index (χ2n) is 5.96. The average molecular weight is 364 g/mol. The predicted molar refractivity (Wildman–Crippen MR) is 107 cm³/mol. The maximum Gasteiger partial charge on any atom is 0.169 e. The van der Waals surface area contributed by atoms with Gasteiger partial charge in [0.1, 0.15) is 5.75 Å². The first kappa shape index (κ1) is 16.9. The lowest BCUT2D eigenvalue weighted by Crippen LogP contribution is -2.05. The molecule has 0 unspecified atom stereocenters. The summed E-state index contributed by atoms with van der Waals surface area (Å²) in [7, 11) is 0. The maximum atomic E-state index is 9.35. The number of imidazole rings is 1. The molecule has 5 heteroatoms. The van der Waals surface area contributed by atoms with Crippen LogP contribution in [-0.2, 0) is 6.54 Å². The molecule has 1 heterocycles. The number of hydrogen-bond donors (Lipinski definition) is 1. The van der Waals surface area contributed by atoms with Crippen molar-refractivity contribution in [3.05, 3.63) is 66.7 Å². The Hall–Kier alpha value is -2.50. The molecule has 0 radical (unpaired) electrons. The molecule has 0 bridgehead atoms. The van der Waals surface area contributed by atoms with Gasteiger partial charge < -0.3 is 14.4 Å². The van der Waals surface area contributed by atoms with Crippen LogP contribution in [0.15, 0.2) is 71.9 Å².